The predicted molar refractivity (Wildman–Crippen MR) is 118 cm³/mol. The minimum atomic E-state index is -0.168. The second-order valence-electron chi connectivity index (χ2n) is 9.02. The number of methoxy groups -OCH3 is 1. The van der Waals surface area contributed by atoms with Gasteiger partial charge in [0.25, 0.3) is 0 Å². The van der Waals surface area contributed by atoms with E-state index in [0.29, 0.717) is 18.9 Å². The Morgan fingerprint density at radius 1 is 1.13 bits per heavy atom. The van der Waals surface area contributed by atoms with Crippen molar-refractivity contribution in [2.24, 2.45) is 11.8 Å². The number of urea groups is 1. The van der Waals surface area contributed by atoms with E-state index in [0.717, 1.165) is 50.9 Å². The Labute approximate surface area is 179 Å². The number of ether oxygens (including phenoxy) is 1. The van der Waals surface area contributed by atoms with Crippen molar-refractivity contribution in [3.05, 3.63) is 29.3 Å². The average molecular weight is 414 g/mol. The maximum atomic E-state index is 13.1. The highest BCUT2D eigenvalue weighted by Crippen LogP contribution is 2.38. The van der Waals surface area contributed by atoms with Gasteiger partial charge in [0.05, 0.1) is 7.11 Å². The quantitative estimate of drug-likeness (QED) is 0.726. The molecule has 1 saturated carbocycles. The fourth-order valence-electron chi connectivity index (χ4n) is 5.62. The summed E-state index contributed by atoms with van der Waals surface area (Å²) in [6, 6.07) is 6.72. The van der Waals surface area contributed by atoms with Crippen molar-refractivity contribution in [2.45, 2.75) is 63.8 Å². The zero-order chi connectivity index (χ0) is 20.9. The van der Waals surface area contributed by atoms with E-state index < -0.39 is 0 Å². The van der Waals surface area contributed by atoms with Crippen molar-refractivity contribution in [1.82, 2.24) is 10.6 Å². The van der Waals surface area contributed by atoms with Crippen LogP contribution in [0.2, 0.25) is 0 Å². The highest BCUT2D eigenvalue weighted by molar-refractivity contribution is 5.93. The monoisotopic (exact) mass is 413 g/mol. The molecule has 3 aliphatic rings. The van der Waals surface area contributed by atoms with E-state index in [2.05, 4.69) is 28.8 Å². The minimum absolute atomic E-state index is 0.00610. The molecule has 6 nitrogen and oxygen atoms in total. The lowest BCUT2D eigenvalue weighted by molar-refractivity contribution is -0.141. The topological polar surface area (TPSA) is 70.7 Å². The van der Waals surface area contributed by atoms with Crippen molar-refractivity contribution in [3.63, 3.8) is 0 Å². The van der Waals surface area contributed by atoms with Crippen LogP contribution in [0.4, 0.5) is 10.5 Å². The molecule has 0 spiro atoms. The van der Waals surface area contributed by atoms with Crippen molar-refractivity contribution in [2.75, 3.05) is 31.6 Å². The van der Waals surface area contributed by atoms with Gasteiger partial charge in [-0.3, -0.25) is 9.69 Å². The molecule has 2 fully saturated rings. The second-order valence-corrected chi connectivity index (χ2v) is 9.02. The summed E-state index contributed by atoms with van der Waals surface area (Å²) in [5.41, 5.74) is 3.74. The van der Waals surface area contributed by atoms with Crippen LogP contribution in [0.3, 0.4) is 0 Å². The largest absolute Gasteiger partial charge is 0.469 e. The first-order valence-electron chi connectivity index (χ1n) is 11.6. The van der Waals surface area contributed by atoms with Crippen LogP contribution in [0.25, 0.3) is 0 Å². The number of hydrogen-bond donors (Lipinski definition) is 2. The van der Waals surface area contributed by atoms with Crippen LogP contribution in [0.5, 0.6) is 0 Å². The van der Waals surface area contributed by atoms with Crippen LogP contribution in [-0.2, 0) is 22.4 Å². The maximum Gasteiger partial charge on any atom is 0.322 e. The Morgan fingerprint density at radius 3 is 2.67 bits per heavy atom. The fraction of sp³-hybridized carbons (Fsp3) is 0.667. The van der Waals surface area contributed by atoms with Crippen molar-refractivity contribution < 1.29 is 14.3 Å². The molecule has 1 saturated heterocycles. The number of esters is 1. The summed E-state index contributed by atoms with van der Waals surface area (Å²) in [4.78, 5) is 27.0. The Balaban J connectivity index is 1.64. The van der Waals surface area contributed by atoms with Gasteiger partial charge in [-0.25, -0.2) is 4.79 Å². The summed E-state index contributed by atoms with van der Waals surface area (Å²) < 4.78 is 4.88. The summed E-state index contributed by atoms with van der Waals surface area (Å²) >= 11 is 0. The number of benzene rings is 1. The van der Waals surface area contributed by atoms with E-state index in [1.165, 1.54) is 37.5 Å². The van der Waals surface area contributed by atoms with Crippen molar-refractivity contribution in [1.29, 1.82) is 0 Å². The van der Waals surface area contributed by atoms with Crippen LogP contribution in [0, 0.1) is 11.8 Å². The number of nitrogens with zero attached hydrogens (tertiary/aromatic N) is 1. The van der Waals surface area contributed by atoms with Crippen LogP contribution in [-0.4, -0.2) is 44.8 Å². The molecule has 1 aromatic carbocycles. The van der Waals surface area contributed by atoms with E-state index in [1.807, 2.05) is 4.90 Å². The van der Waals surface area contributed by atoms with E-state index in [9.17, 15) is 9.59 Å². The van der Waals surface area contributed by atoms with E-state index in [1.54, 1.807) is 0 Å². The summed E-state index contributed by atoms with van der Waals surface area (Å²) in [6.45, 7) is 2.63. The van der Waals surface area contributed by atoms with Crippen LogP contribution < -0.4 is 15.5 Å². The van der Waals surface area contributed by atoms with Gasteiger partial charge in [0, 0.05) is 24.7 Å². The van der Waals surface area contributed by atoms with Crippen LogP contribution in [0.15, 0.2) is 18.2 Å². The average Bonchev–Trinajstić information content (AvgIpc) is 3.03. The fourth-order valence-corrected chi connectivity index (χ4v) is 5.62. The number of anilines is 1. The number of nitrogens with one attached hydrogen (secondary N) is 2. The summed E-state index contributed by atoms with van der Waals surface area (Å²) in [6.07, 6.45) is 9.27. The molecule has 6 heteroatoms. The Morgan fingerprint density at radius 2 is 1.90 bits per heavy atom. The number of carbonyl (C=O) groups excluding carboxylic acids is 2. The molecule has 0 bridgehead atoms. The van der Waals surface area contributed by atoms with Gasteiger partial charge >= 0.3 is 12.0 Å². The standard InChI is InChI=1S/C24H35N3O3/c1-30-22(28)10-8-20-16-26-24(29)27(23(20)18-5-3-2-4-6-18)21-9-7-17-11-13-25-14-12-19(17)15-21/h7,9,15,18,20,23,25H,2-6,8,10-14,16H2,1H3,(H,26,29). The molecule has 2 aliphatic heterocycles. The molecular weight excluding hydrogens is 378 g/mol. The molecule has 2 heterocycles. The SMILES string of the molecule is COC(=O)CCC1CNC(=O)N(c2ccc3c(c2)CCNCC3)C1C1CCCCC1. The Hall–Kier alpha value is -2.08. The third-order valence-electron chi connectivity index (χ3n) is 7.21. The van der Waals surface area contributed by atoms with Gasteiger partial charge in [-0.05, 0) is 80.3 Å². The number of hydrogen-bond acceptors (Lipinski definition) is 4. The molecule has 2 amide bonds. The van der Waals surface area contributed by atoms with Gasteiger partial charge in [0.1, 0.15) is 0 Å². The van der Waals surface area contributed by atoms with Crippen molar-refractivity contribution >= 4 is 17.7 Å². The number of carbonyl (C=O) groups is 2. The predicted octanol–water partition coefficient (Wildman–Crippen LogP) is 3.42. The molecule has 0 aromatic heterocycles. The first-order chi connectivity index (χ1) is 14.7. The summed E-state index contributed by atoms with van der Waals surface area (Å²) in [5, 5.41) is 6.57. The number of fused-ring (bicyclic) bond motifs is 1. The smallest absolute Gasteiger partial charge is 0.322 e. The molecule has 164 valence electrons. The molecule has 1 aromatic rings. The highest BCUT2D eigenvalue weighted by atomic mass is 16.5. The van der Waals surface area contributed by atoms with Crippen molar-refractivity contribution in [3.8, 4) is 0 Å². The van der Waals surface area contributed by atoms with Gasteiger partial charge in [0.15, 0.2) is 0 Å². The lowest BCUT2D eigenvalue weighted by atomic mass is 9.75. The van der Waals surface area contributed by atoms with Crippen LogP contribution >= 0.6 is 0 Å². The Kier molecular flexibility index (Phi) is 6.93. The molecule has 2 atom stereocenters. The molecule has 4 rings (SSSR count). The van der Waals surface area contributed by atoms with E-state index >= 15 is 0 Å². The van der Waals surface area contributed by atoms with Gasteiger partial charge in [-0.1, -0.05) is 25.3 Å². The summed E-state index contributed by atoms with van der Waals surface area (Å²) in [7, 11) is 1.44. The zero-order valence-corrected chi connectivity index (χ0v) is 18.1. The number of rotatable bonds is 5. The van der Waals surface area contributed by atoms with E-state index in [-0.39, 0.29) is 24.0 Å². The highest BCUT2D eigenvalue weighted by Gasteiger charge is 2.41. The van der Waals surface area contributed by atoms with Gasteiger partial charge in [0.2, 0.25) is 0 Å². The zero-order valence-electron chi connectivity index (χ0n) is 18.1. The Bertz CT molecular complexity index is 760. The molecule has 2 unspecified atom stereocenters. The normalized spacial score (nSPS) is 25.2. The third kappa shape index (κ3) is 4.64. The molecule has 2 N–H and O–H groups in total. The summed E-state index contributed by atoms with van der Waals surface area (Å²) in [5.74, 6) is 0.580. The van der Waals surface area contributed by atoms with Crippen LogP contribution in [0.1, 0.15) is 56.1 Å². The lowest BCUT2D eigenvalue weighted by Crippen LogP contribution is -2.60. The molecule has 0 radical (unpaired) electrons. The molecular formula is C24H35N3O3. The van der Waals surface area contributed by atoms with Gasteiger partial charge in [-0.2, -0.15) is 0 Å². The second kappa shape index (κ2) is 9.82. The maximum absolute atomic E-state index is 13.1. The first kappa shape index (κ1) is 21.2. The van der Waals surface area contributed by atoms with Gasteiger partial charge < -0.3 is 15.4 Å². The lowest BCUT2D eigenvalue weighted by Gasteiger charge is -2.46. The minimum Gasteiger partial charge on any atom is -0.469 e. The number of amides is 2. The van der Waals surface area contributed by atoms with E-state index in [4.69, 9.17) is 4.74 Å². The molecule has 1 aliphatic carbocycles. The molecule has 30 heavy (non-hydrogen) atoms. The first-order valence-corrected chi connectivity index (χ1v) is 11.6. The van der Waals surface area contributed by atoms with Gasteiger partial charge in [-0.15, -0.1) is 0 Å². The third-order valence-corrected chi connectivity index (χ3v) is 7.21.